The van der Waals surface area contributed by atoms with E-state index in [0.29, 0.717) is 22.1 Å². The number of rotatable bonds is 6. The van der Waals surface area contributed by atoms with E-state index in [9.17, 15) is 17.6 Å². The topological polar surface area (TPSA) is 112 Å². The second kappa shape index (κ2) is 8.61. The summed E-state index contributed by atoms with van der Waals surface area (Å²) in [5.41, 5.74) is 0.347. The van der Waals surface area contributed by atoms with Gasteiger partial charge in [0.15, 0.2) is 0 Å². The Labute approximate surface area is 204 Å². The van der Waals surface area contributed by atoms with Crippen molar-refractivity contribution >= 4 is 45.1 Å². The molecule has 2 aromatic carbocycles. The highest BCUT2D eigenvalue weighted by Crippen LogP contribution is 2.37. The van der Waals surface area contributed by atoms with Crippen LogP contribution in [-0.2, 0) is 19.3 Å². The molecule has 1 aliphatic heterocycles. The van der Waals surface area contributed by atoms with Crippen LogP contribution in [0.3, 0.4) is 0 Å². The molecule has 0 bridgehead atoms. The number of amides is 1. The average Bonchev–Trinajstić information content (AvgIpc) is 3.25. The Morgan fingerprint density at radius 2 is 1.71 bits per heavy atom. The maximum Gasteiger partial charge on any atom is 0.497 e. The average molecular weight is 502 g/mol. The van der Waals surface area contributed by atoms with Gasteiger partial charge < -0.3 is 14.6 Å². The Kier molecular flexibility index (Phi) is 6.19. The van der Waals surface area contributed by atoms with Crippen LogP contribution < -0.4 is 15.5 Å². The molecule has 0 saturated carbocycles. The van der Waals surface area contributed by atoms with Gasteiger partial charge in [0.1, 0.15) is 11.5 Å². The number of carbonyl (C=O) groups is 1. The van der Waals surface area contributed by atoms with Gasteiger partial charge in [-0.05, 0) is 71.0 Å². The van der Waals surface area contributed by atoms with Crippen molar-refractivity contribution in [3.05, 3.63) is 47.9 Å². The minimum Gasteiger partial charge on any atom is -0.399 e. The first-order valence-electron chi connectivity index (χ1n) is 11.2. The standard InChI is InChI=1S/C23H28BFN4O5S/c1-7-35(31,32)28-19-13-18-16(12-17(19)24-33-22(2,3)23(4,5)34-24)20(21(30)26-6)29(27-18)15-10-8-14(25)9-11-15/h8-13,28H,7H2,1-6H3,(H,26,30). The van der Waals surface area contributed by atoms with Gasteiger partial charge in [0, 0.05) is 17.9 Å². The number of sulfonamides is 1. The summed E-state index contributed by atoms with van der Waals surface area (Å²) < 4.78 is 54.9. The van der Waals surface area contributed by atoms with E-state index in [1.807, 2.05) is 27.7 Å². The number of benzene rings is 2. The van der Waals surface area contributed by atoms with Crippen molar-refractivity contribution in [3.8, 4) is 5.69 Å². The molecule has 1 saturated heterocycles. The smallest absolute Gasteiger partial charge is 0.399 e. The molecule has 0 atom stereocenters. The zero-order chi connectivity index (χ0) is 25.8. The summed E-state index contributed by atoms with van der Waals surface area (Å²) in [7, 11) is -3.05. The van der Waals surface area contributed by atoms with Gasteiger partial charge in [0.25, 0.3) is 5.91 Å². The fourth-order valence-corrected chi connectivity index (χ4v) is 4.40. The van der Waals surface area contributed by atoms with Crippen molar-refractivity contribution in [2.75, 3.05) is 17.5 Å². The Balaban J connectivity index is 1.98. The summed E-state index contributed by atoms with van der Waals surface area (Å²) in [6, 6.07) is 8.75. The molecule has 1 aromatic heterocycles. The fraction of sp³-hybridized carbons (Fsp3) is 0.391. The molecule has 1 amide bonds. The van der Waals surface area contributed by atoms with Crippen LogP contribution in [0.1, 0.15) is 45.1 Å². The molecule has 4 rings (SSSR count). The third-order valence-electron chi connectivity index (χ3n) is 6.51. The van der Waals surface area contributed by atoms with Gasteiger partial charge >= 0.3 is 7.12 Å². The van der Waals surface area contributed by atoms with Gasteiger partial charge in [-0.2, -0.15) is 5.10 Å². The monoisotopic (exact) mass is 502 g/mol. The van der Waals surface area contributed by atoms with Gasteiger partial charge in [-0.1, -0.05) is 0 Å². The van der Waals surface area contributed by atoms with Crippen molar-refractivity contribution in [2.24, 2.45) is 0 Å². The fourth-order valence-electron chi connectivity index (χ4n) is 3.75. The normalized spacial score (nSPS) is 17.1. The largest absolute Gasteiger partial charge is 0.497 e. The van der Waals surface area contributed by atoms with Crippen molar-refractivity contribution in [1.29, 1.82) is 0 Å². The maximum atomic E-state index is 13.5. The number of nitrogens with zero attached hydrogens (tertiary/aromatic N) is 2. The van der Waals surface area contributed by atoms with E-state index in [4.69, 9.17) is 9.31 Å². The highest BCUT2D eigenvalue weighted by atomic mass is 32.2. The summed E-state index contributed by atoms with van der Waals surface area (Å²) in [4.78, 5) is 12.9. The quantitative estimate of drug-likeness (QED) is 0.502. The van der Waals surface area contributed by atoms with E-state index in [1.165, 1.54) is 42.9 Å². The molecular weight excluding hydrogens is 474 g/mol. The Hall–Kier alpha value is -2.96. The zero-order valence-electron chi connectivity index (χ0n) is 20.5. The summed E-state index contributed by atoms with van der Waals surface area (Å²) in [5, 5.41) is 7.61. The molecule has 0 aliphatic carbocycles. The van der Waals surface area contributed by atoms with E-state index in [1.54, 1.807) is 12.1 Å². The number of anilines is 1. The number of aromatic nitrogens is 2. The van der Waals surface area contributed by atoms with Gasteiger partial charge in [-0.25, -0.2) is 17.5 Å². The molecule has 35 heavy (non-hydrogen) atoms. The molecular formula is C23H28BFN4O5S. The SMILES string of the molecule is CCS(=O)(=O)Nc1cc2nn(-c3ccc(F)cc3)c(C(=O)NC)c2cc1B1OC(C)(C)C(C)(C)O1. The second-order valence-corrected chi connectivity index (χ2v) is 11.4. The number of hydrogen-bond donors (Lipinski definition) is 2. The minimum absolute atomic E-state index is 0.138. The lowest BCUT2D eigenvalue weighted by Gasteiger charge is -2.32. The van der Waals surface area contributed by atoms with Crippen molar-refractivity contribution < 1.29 is 26.9 Å². The van der Waals surface area contributed by atoms with Crippen molar-refractivity contribution in [1.82, 2.24) is 15.1 Å². The Morgan fingerprint density at radius 3 is 2.26 bits per heavy atom. The van der Waals surface area contributed by atoms with E-state index in [0.717, 1.165) is 0 Å². The summed E-state index contributed by atoms with van der Waals surface area (Å²) in [6.07, 6.45) is 0. The predicted octanol–water partition coefficient (Wildman–Crippen LogP) is 2.59. The zero-order valence-corrected chi connectivity index (χ0v) is 21.3. The van der Waals surface area contributed by atoms with Crippen LogP contribution in [0, 0.1) is 5.82 Å². The highest BCUT2D eigenvalue weighted by molar-refractivity contribution is 7.92. The second-order valence-electron chi connectivity index (χ2n) is 9.37. The number of carbonyl (C=O) groups excluding carboxylic acids is 1. The van der Waals surface area contributed by atoms with Crippen LogP contribution in [0.2, 0.25) is 0 Å². The van der Waals surface area contributed by atoms with Crippen LogP contribution in [-0.4, -0.2) is 55.2 Å². The van der Waals surface area contributed by atoms with Crippen molar-refractivity contribution in [3.63, 3.8) is 0 Å². The maximum absolute atomic E-state index is 13.5. The summed E-state index contributed by atoms with van der Waals surface area (Å²) in [6.45, 7) is 9.10. The van der Waals surface area contributed by atoms with Crippen molar-refractivity contribution in [2.45, 2.75) is 45.8 Å². The number of nitrogens with one attached hydrogen (secondary N) is 2. The third-order valence-corrected chi connectivity index (χ3v) is 7.80. The van der Waals surface area contributed by atoms with E-state index in [2.05, 4.69) is 15.1 Å². The van der Waals surface area contributed by atoms with Crippen LogP contribution in [0.4, 0.5) is 10.1 Å². The molecule has 2 N–H and O–H groups in total. The minimum atomic E-state index is -3.65. The molecule has 9 nitrogen and oxygen atoms in total. The molecule has 12 heteroatoms. The van der Waals surface area contributed by atoms with E-state index < -0.39 is 40.1 Å². The van der Waals surface area contributed by atoms with Gasteiger partial charge in [-0.3, -0.25) is 9.52 Å². The number of hydrogen-bond acceptors (Lipinski definition) is 6. The molecule has 0 spiro atoms. The Morgan fingerprint density at radius 1 is 1.11 bits per heavy atom. The van der Waals surface area contributed by atoms with Gasteiger partial charge in [-0.15, -0.1) is 0 Å². The molecule has 3 aromatic rings. The van der Waals surface area contributed by atoms with Gasteiger partial charge in [0.05, 0.1) is 33.8 Å². The molecule has 1 fully saturated rings. The highest BCUT2D eigenvalue weighted by Gasteiger charge is 2.52. The van der Waals surface area contributed by atoms with E-state index in [-0.39, 0.29) is 17.1 Å². The first kappa shape index (κ1) is 25.1. The first-order valence-corrected chi connectivity index (χ1v) is 12.8. The van der Waals surface area contributed by atoms with E-state index >= 15 is 0 Å². The Bertz CT molecular complexity index is 1390. The molecule has 0 unspecified atom stereocenters. The van der Waals surface area contributed by atoms with Crippen LogP contribution in [0.25, 0.3) is 16.6 Å². The van der Waals surface area contributed by atoms with Gasteiger partial charge in [0.2, 0.25) is 10.0 Å². The lowest BCUT2D eigenvalue weighted by molar-refractivity contribution is 0.00578. The van der Waals surface area contributed by atoms with Crippen LogP contribution in [0.5, 0.6) is 0 Å². The summed E-state index contributed by atoms with van der Waals surface area (Å²) in [5.74, 6) is -0.980. The molecule has 2 heterocycles. The van der Waals surface area contributed by atoms with Crippen LogP contribution in [0.15, 0.2) is 36.4 Å². The number of fused-ring (bicyclic) bond motifs is 1. The number of halogens is 1. The predicted molar refractivity (Wildman–Crippen MR) is 133 cm³/mol. The lowest BCUT2D eigenvalue weighted by atomic mass is 9.77. The lowest BCUT2D eigenvalue weighted by Crippen LogP contribution is -2.41. The molecule has 1 aliphatic rings. The van der Waals surface area contributed by atoms with Crippen LogP contribution >= 0.6 is 0 Å². The molecule has 186 valence electrons. The first-order chi connectivity index (χ1) is 16.3. The third kappa shape index (κ3) is 4.53. The molecule has 0 radical (unpaired) electrons. The summed E-state index contributed by atoms with van der Waals surface area (Å²) >= 11 is 0.